The van der Waals surface area contributed by atoms with Crippen molar-refractivity contribution in [3.05, 3.63) is 29.3 Å². The van der Waals surface area contributed by atoms with Crippen LogP contribution in [0.5, 0.6) is 5.75 Å². The lowest BCUT2D eigenvalue weighted by atomic mass is 10.0. The van der Waals surface area contributed by atoms with E-state index in [4.69, 9.17) is 4.52 Å². The van der Waals surface area contributed by atoms with Gasteiger partial charge in [-0.2, -0.15) is 0 Å². The van der Waals surface area contributed by atoms with Crippen LogP contribution in [0.1, 0.15) is 37.8 Å². The Bertz CT molecular complexity index is 415. The summed E-state index contributed by atoms with van der Waals surface area (Å²) in [5, 5.41) is 0. The van der Waals surface area contributed by atoms with Crippen LogP contribution in [0.2, 0.25) is 0 Å². The van der Waals surface area contributed by atoms with Crippen LogP contribution in [0.3, 0.4) is 0 Å². The van der Waals surface area contributed by atoms with Crippen molar-refractivity contribution in [2.45, 2.75) is 40.0 Å². The fourth-order valence-electron chi connectivity index (χ4n) is 1.65. The third kappa shape index (κ3) is 4.18. The molecule has 1 N–H and O–H groups in total. The van der Waals surface area contributed by atoms with Gasteiger partial charge in [-0.25, -0.2) is 4.57 Å². The maximum Gasteiger partial charge on any atom is 0.376 e. The average Bonchev–Trinajstić information content (AvgIpc) is 2.28. The molecule has 1 rings (SSSR count). The molecule has 0 heterocycles. The topological polar surface area (TPSA) is 46.5 Å². The second-order valence-electron chi connectivity index (χ2n) is 4.20. The molecule has 0 fully saturated rings. The first-order valence-electron chi connectivity index (χ1n) is 6.10. The van der Waals surface area contributed by atoms with E-state index in [-0.39, 0.29) is 6.16 Å². The monoisotopic (exact) mass is 256 g/mol. The molecule has 0 radical (unpaired) electrons. The molecule has 1 aromatic carbocycles. The van der Waals surface area contributed by atoms with Crippen LogP contribution < -0.4 is 4.52 Å². The zero-order valence-electron chi connectivity index (χ0n) is 10.8. The molecule has 17 heavy (non-hydrogen) atoms. The van der Waals surface area contributed by atoms with Crippen molar-refractivity contribution >= 4 is 7.60 Å². The van der Waals surface area contributed by atoms with Crippen LogP contribution in [0.15, 0.2) is 18.2 Å². The van der Waals surface area contributed by atoms with Crippen molar-refractivity contribution in [1.29, 1.82) is 0 Å². The van der Waals surface area contributed by atoms with Crippen molar-refractivity contribution < 1.29 is 14.0 Å². The molecule has 1 unspecified atom stereocenters. The summed E-state index contributed by atoms with van der Waals surface area (Å²) in [5.41, 5.74) is 2.17. The molecule has 4 heteroatoms. The van der Waals surface area contributed by atoms with E-state index in [1.807, 2.05) is 19.1 Å². The first-order valence-corrected chi connectivity index (χ1v) is 7.86. The summed E-state index contributed by atoms with van der Waals surface area (Å²) in [5.74, 6) is 0.561. The van der Waals surface area contributed by atoms with E-state index in [2.05, 4.69) is 6.92 Å². The Balaban J connectivity index is 2.98. The molecule has 0 aliphatic carbocycles. The van der Waals surface area contributed by atoms with Crippen LogP contribution in [-0.2, 0) is 11.0 Å². The molecular weight excluding hydrogens is 235 g/mol. The van der Waals surface area contributed by atoms with E-state index >= 15 is 0 Å². The van der Waals surface area contributed by atoms with Crippen LogP contribution in [0, 0.1) is 6.92 Å². The number of benzene rings is 1. The number of hydrogen-bond donors (Lipinski definition) is 1. The van der Waals surface area contributed by atoms with Gasteiger partial charge in [-0.1, -0.05) is 32.4 Å². The van der Waals surface area contributed by atoms with Crippen LogP contribution >= 0.6 is 7.60 Å². The van der Waals surface area contributed by atoms with E-state index in [0.717, 1.165) is 30.4 Å². The molecule has 0 bridgehead atoms. The van der Waals surface area contributed by atoms with Crippen LogP contribution in [0.25, 0.3) is 0 Å². The number of unbranched alkanes of at least 4 members (excludes halogenated alkanes) is 1. The van der Waals surface area contributed by atoms with Crippen molar-refractivity contribution in [1.82, 2.24) is 0 Å². The second-order valence-corrected chi connectivity index (χ2v) is 6.29. The lowest BCUT2D eigenvalue weighted by Gasteiger charge is -2.16. The SMILES string of the molecule is CCCCc1c(C)cccc1OP(=O)(O)CC. The maximum atomic E-state index is 11.6. The lowest BCUT2D eigenvalue weighted by Crippen LogP contribution is -1.99. The van der Waals surface area contributed by atoms with Crippen molar-refractivity contribution in [3.8, 4) is 5.75 Å². The highest BCUT2D eigenvalue weighted by Gasteiger charge is 2.19. The van der Waals surface area contributed by atoms with E-state index in [1.54, 1.807) is 13.0 Å². The first-order chi connectivity index (χ1) is 8.00. The third-order valence-corrected chi connectivity index (χ3v) is 4.07. The fourth-order valence-corrected chi connectivity index (χ4v) is 2.26. The van der Waals surface area contributed by atoms with Gasteiger partial charge < -0.3 is 9.42 Å². The highest BCUT2D eigenvalue weighted by molar-refractivity contribution is 7.53. The van der Waals surface area contributed by atoms with Gasteiger partial charge in [-0.05, 0) is 37.0 Å². The molecule has 0 aliphatic heterocycles. The lowest BCUT2D eigenvalue weighted by molar-refractivity contribution is 0.379. The Morgan fingerprint density at radius 3 is 2.65 bits per heavy atom. The summed E-state index contributed by atoms with van der Waals surface area (Å²) in [6.07, 6.45) is 3.18. The van der Waals surface area contributed by atoms with Gasteiger partial charge in [0.1, 0.15) is 5.75 Å². The Morgan fingerprint density at radius 1 is 1.35 bits per heavy atom. The molecule has 0 saturated carbocycles. The summed E-state index contributed by atoms with van der Waals surface area (Å²) < 4.78 is 16.9. The van der Waals surface area contributed by atoms with Gasteiger partial charge in [0.05, 0.1) is 6.16 Å². The van der Waals surface area contributed by atoms with Crippen molar-refractivity contribution in [2.24, 2.45) is 0 Å². The summed E-state index contributed by atoms with van der Waals surface area (Å²) in [6.45, 7) is 5.79. The van der Waals surface area contributed by atoms with E-state index in [1.165, 1.54) is 0 Å². The number of rotatable bonds is 6. The van der Waals surface area contributed by atoms with Crippen molar-refractivity contribution in [2.75, 3.05) is 6.16 Å². The molecule has 0 saturated heterocycles. The molecule has 1 atom stereocenters. The Kier molecular flexibility index (Phi) is 5.23. The minimum absolute atomic E-state index is 0.133. The minimum Gasteiger partial charge on any atom is -0.424 e. The fraction of sp³-hybridized carbons (Fsp3) is 0.538. The van der Waals surface area contributed by atoms with Gasteiger partial charge in [0.25, 0.3) is 0 Å². The van der Waals surface area contributed by atoms with Gasteiger partial charge in [0.2, 0.25) is 0 Å². The minimum atomic E-state index is -3.47. The Hall–Kier alpha value is -0.790. The quantitative estimate of drug-likeness (QED) is 0.784. The second kappa shape index (κ2) is 6.23. The van der Waals surface area contributed by atoms with Gasteiger partial charge in [0, 0.05) is 0 Å². The van der Waals surface area contributed by atoms with Crippen LogP contribution in [-0.4, -0.2) is 11.1 Å². The number of hydrogen-bond acceptors (Lipinski definition) is 2. The molecule has 3 nitrogen and oxygen atoms in total. The average molecular weight is 256 g/mol. The normalized spacial score (nSPS) is 14.4. The predicted molar refractivity (Wildman–Crippen MR) is 70.8 cm³/mol. The molecule has 0 spiro atoms. The van der Waals surface area contributed by atoms with Crippen LogP contribution in [0.4, 0.5) is 0 Å². The Morgan fingerprint density at radius 2 is 2.06 bits per heavy atom. The molecule has 1 aromatic rings. The molecule has 0 aromatic heterocycles. The summed E-state index contributed by atoms with van der Waals surface area (Å²) in [4.78, 5) is 9.55. The highest BCUT2D eigenvalue weighted by Crippen LogP contribution is 2.43. The van der Waals surface area contributed by atoms with Gasteiger partial charge in [0.15, 0.2) is 0 Å². The first kappa shape index (κ1) is 14.3. The van der Waals surface area contributed by atoms with Gasteiger partial charge >= 0.3 is 7.60 Å². The van der Waals surface area contributed by atoms with Gasteiger partial charge in [-0.3, -0.25) is 0 Å². The predicted octanol–water partition coefficient (Wildman–Crippen LogP) is 3.92. The van der Waals surface area contributed by atoms with Crippen molar-refractivity contribution in [3.63, 3.8) is 0 Å². The molecule has 0 aliphatic rings. The zero-order valence-corrected chi connectivity index (χ0v) is 11.7. The molecule has 0 amide bonds. The standard InChI is InChI=1S/C13H21O3P/c1-4-6-9-12-11(3)8-7-10-13(12)16-17(14,15)5-2/h7-8,10H,4-6,9H2,1-3H3,(H,14,15). The maximum absolute atomic E-state index is 11.6. The summed E-state index contributed by atoms with van der Waals surface area (Å²) >= 11 is 0. The smallest absolute Gasteiger partial charge is 0.376 e. The Labute approximate surface area is 103 Å². The van der Waals surface area contributed by atoms with E-state index in [9.17, 15) is 9.46 Å². The molecular formula is C13H21O3P. The largest absolute Gasteiger partial charge is 0.424 e. The van der Waals surface area contributed by atoms with E-state index < -0.39 is 7.60 Å². The third-order valence-electron chi connectivity index (χ3n) is 2.79. The summed E-state index contributed by atoms with van der Waals surface area (Å²) in [6, 6.07) is 5.64. The summed E-state index contributed by atoms with van der Waals surface area (Å²) in [7, 11) is -3.47. The van der Waals surface area contributed by atoms with E-state index in [0.29, 0.717) is 5.75 Å². The molecule has 96 valence electrons. The van der Waals surface area contributed by atoms with Gasteiger partial charge in [-0.15, -0.1) is 0 Å². The highest BCUT2D eigenvalue weighted by atomic mass is 31.2. The zero-order chi connectivity index (χ0) is 12.9. The number of aryl methyl sites for hydroxylation is 1.